The first kappa shape index (κ1) is 65.7. The van der Waals surface area contributed by atoms with E-state index in [1.807, 2.05) is 13.0 Å². The van der Waals surface area contributed by atoms with Gasteiger partial charge in [0.05, 0.1) is 56.0 Å². The number of primary amides is 1. The minimum absolute atomic E-state index is 0.0197. The van der Waals surface area contributed by atoms with E-state index in [2.05, 4.69) is 16.0 Å². The summed E-state index contributed by atoms with van der Waals surface area (Å²) in [4.78, 5) is 107. The number of nitrogens with one attached hydrogen (secondary N) is 3. The second-order valence-electron chi connectivity index (χ2n) is 22.9. The second kappa shape index (κ2) is 29.4. The lowest BCUT2D eigenvalue weighted by Crippen LogP contribution is -2.53. The Labute approximate surface area is 488 Å². The molecule has 23 heteroatoms. The van der Waals surface area contributed by atoms with Gasteiger partial charge in [0.1, 0.15) is 57.7 Å². The topological polar surface area (TPSA) is 281 Å². The predicted octanol–water partition coefficient (Wildman–Crippen LogP) is 8.08. The number of ketones is 2. The van der Waals surface area contributed by atoms with Crippen LogP contribution in [0, 0.1) is 35.3 Å². The van der Waals surface area contributed by atoms with Gasteiger partial charge in [-0.1, -0.05) is 62.6 Å². The molecule has 3 fully saturated rings. The van der Waals surface area contributed by atoms with E-state index in [0.29, 0.717) is 43.4 Å². The van der Waals surface area contributed by atoms with Gasteiger partial charge in [-0.05, 0) is 100 Å². The monoisotopic (exact) mass is 1180 g/mol. The molecule has 4 aliphatic rings. The molecule has 2 aromatic rings. The number of ether oxygens (including phenoxy) is 6. The molecule has 1 aliphatic carbocycles. The number of carbonyl (C=O) groups excluding carboxylic acids is 8. The fourth-order valence-electron chi connectivity index (χ4n) is 10.9. The molecule has 5 amide bonds. The molecule has 3 heterocycles. The number of aliphatic hydroxyl groups is 1. The average Bonchev–Trinajstić information content (AvgIpc) is 1.89. The van der Waals surface area contributed by atoms with Gasteiger partial charge in [-0.3, -0.25) is 34.1 Å². The van der Waals surface area contributed by atoms with E-state index < -0.39 is 125 Å². The zero-order valence-electron chi connectivity index (χ0n) is 48.6. The van der Waals surface area contributed by atoms with Crippen LogP contribution >= 0.6 is 11.6 Å². The van der Waals surface area contributed by atoms with Crippen molar-refractivity contribution in [3.8, 4) is 5.75 Å². The molecule has 0 spiro atoms. The number of methoxy groups -OCH3 is 2. The number of unbranched alkanes of at least 4 members (excludes halogenated alkanes) is 2. The van der Waals surface area contributed by atoms with Crippen LogP contribution in [0.4, 0.5) is 29.7 Å². The fraction of sp³-hybridized carbons (Fsp3) is 0.600. The minimum atomic E-state index is -1.70. The molecule has 9 atom stereocenters. The van der Waals surface area contributed by atoms with E-state index in [1.54, 1.807) is 52.0 Å². The van der Waals surface area contributed by atoms with Crippen molar-refractivity contribution in [3.63, 3.8) is 0 Å². The molecule has 0 aromatic heterocycles. The number of fused-ring (bicyclic) bond motifs is 5. The number of hydrogen-bond donors (Lipinski definition) is 5. The van der Waals surface area contributed by atoms with Gasteiger partial charge in [0, 0.05) is 64.3 Å². The van der Waals surface area contributed by atoms with Gasteiger partial charge in [0.15, 0.2) is 5.78 Å². The molecule has 2 saturated heterocycles. The highest BCUT2D eigenvalue weighted by molar-refractivity contribution is 6.35. The third kappa shape index (κ3) is 17.5. The van der Waals surface area contributed by atoms with Crippen LogP contribution in [0.15, 0.2) is 48.1 Å². The van der Waals surface area contributed by atoms with Crippen LogP contribution < -0.4 is 31.3 Å². The van der Waals surface area contributed by atoms with Crippen LogP contribution in [-0.2, 0) is 65.3 Å². The van der Waals surface area contributed by atoms with E-state index >= 15 is 8.78 Å². The van der Waals surface area contributed by atoms with Crippen molar-refractivity contribution in [1.82, 2.24) is 10.6 Å². The first-order chi connectivity index (χ1) is 39.3. The third-order valence-electron chi connectivity index (χ3n) is 16.2. The van der Waals surface area contributed by atoms with Gasteiger partial charge >= 0.3 is 24.1 Å². The Morgan fingerprint density at radius 2 is 1.75 bits per heavy atom. The first-order valence-corrected chi connectivity index (χ1v) is 28.7. The molecule has 3 aliphatic heterocycles. The van der Waals surface area contributed by atoms with E-state index in [4.69, 9.17) is 45.8 Å². The summed E-state index contributed by atoms with van der Waals surface area (Å²) in [5.41, 5.74) is 2.78. The number of nitrogens with zero attached hydrogens (tertiary/aromatic N) is 1. The number of esters is 2. The normalized spacial score (nSPS) is 25.5. The highest BCUT2D eigenvalue weighted by atomic mass is 35.5. The lowest BCUT2D eigenvalue weighted by molar-refractivity contribution is -0.187. The molecule has 0 unspecified atom stereocenters. The fourth-order valence-corrected chi connectivity index (χ4v) is 11.2. The molecule has 6 N–H and O–H groups in total. The molecule has 1 saturated carbocycles. The van der Waals surface area contributed by atoms with Gasteiger partial charge < -0.3 is 54.8 Å². The van der Waals surface area contributed by atoms with E-state index in [-0.39, 0.29) is 91.7 Å². The molecule has 4 bridgehead atoms. The molecule has 0 radical (unpaired) electrons. The highest BCUT2D eigenvalue weighted by Crippen LogP contribution is 2.50. The standard InChI is InChI=1S/C60H80ClF2N5O15/c1-33(2)40(28-39(69)18-10-9-11-22-80-56(74)37-16-13-17-37)55(73)66-43(19-14-21-65-57(64)75)46(70)27-38-26-42(63)44(29-41(38)62)67-58(76)82-50-30-51(71)68(6)45-24-36(25-47(78-7)53(45)61)23-34(3)15-12-20-49(79-8)60(77)31-48(81-52(72)32-60)35(4)54-59(50,5)83-54/h12,15,20,24-26,29,33,35,37,40,43,48-50,54,77H,9-11,13-14,16-19,21-23,27-28,30-32H2,1-8H3,(H,66,73)(H,67,76)(H3,64,65,75)/b20-12+,34-15+/t35-,40+,43+,48+,49-,50+,54+,59+,60-/m1/s1. The van der Waals surface area contributed by atoms with Crippen LogP contribution in [0.3, 0.4) is 0 Å². The number of urea groups is 1. The highest BCUT2D eigenvalue weighted by Gasteiger charge is 2.64. The van der Waals surface area contributed by atoms with Crippen molar-refractivity contribution >= 4 is 70.4 Å². The summed E-state index contributed by atoms with van der Waals surface area (Å²) in [6.07, 6.45) is 3.02. The van der Waals surface area contributed by atoms with Crippen molar-refractivity contribution < 1.29 is 80.7 Å². The van der Waals surface area contributed by atoms with Crippen LogP contribution in [0.5, 0.6) is 5.75 Å². The summed E-state index contributed by atoms with van der Waals surface area (Å²) >= 11 is 6.80. The zero-order valence-corrected chi connectivity index (χ0v) is 49.3. The maximum atomic E-state index is 16.1. The van der Waals surface area contributed by atoms with E-state index in [1.165, 1.54) is 26.2 Å². The minimum Gasteiger partial charge on any atom is -0.495 e. The van der Waals surface area contributed by atoms with Crippen LogP contribution in [0.1, 0.15) is 129 Å². The van der Waals surface area contributed by atoms with Crippen molar-refractivity contribution in [2.24, 2.45) is 29.4 Å². The third-order valence-corrected chi connectivity index (χ3v) is 16.6. The lowest BCUT2D eigenvalue weighted by Gasteiger charge is -2.41. The van der Waals surface area contributed by atoms with E-state index in [0.717, 1.165) is 24.8 Å². The molecule has 6 rings (SSSR count). The maximum Gasteiger partial charge on any atom is 0.412 e. The predicted molar refractivity (Wildman–Crippen MR) is 302 cm³/mol. The number of anilines is 2. The Morgan fingerprint density at radius 1 is 1.01 bits per heavy atom. The number of amides is 5. The van der Waals surface area contributed by atoms with Crippen LogP contribution in [0.2, 0.25) is 5.02 Å². The van der Waals surface area contributed by atoms with Gasteiger partial charge in [0.2, 0.25) is 11.8 Å². The molecule has 20 nitrogen and oxygen atoms in total. The Kier molecular flexibility index (Phi) is 23.2. The zero-order chi connectivity index (χ0) is 60.9. The molecule has 83 heavy (non-hydrogen) atoms. The SMILES string of the molecule is COc1cc2cc(c1Cl)N(C)C(=O)C[C@H](OC(=O)Nc1cc(F)c(CC(=O)[C@H](CCCNC(N)=O)NC(=O)[C@@H](CC(=O)CCCCCOC(=O)C3CCC3)C(C)C)cc1F)[C@]1(C)O[C@H]1[C@H](C)[C@@H]1C[C@@](O)(CC(=O)O1)[C@H](OC)/C=C/C=C(\C)C2. The number of hydrogen-bond acceptors (Lipinski definition) is 15. The summed E-state index contributed by atoms with van der Waals surface area (Å²) in [6.45, 7) is 8.98. The van der Waals surface area contributed by atoms with Crippen molar-refractivity contribution in [2.45, 2.75) is 173 Å². The van der Waals surface area contributed by atoms with Crippen molar-refractivity contribution in [3.05, 3.63) is 75.9 Å². The summed E-state index contributed by atoms with van der Waals surface area (Å²) in [7, 11) is 4.31. The maximum absolute atomic E-state index is 16.1. The summed E-state index contributed by atoms with van der Waals surface area (Å²) in [5.74, 6) is -6.86. The summed E-state index contributed by atoms with van der Waals surface area (Å²) < 4.78 is 66.7. The van der Waals surface area contributed by atoms with Crippen LogP contribution in [0.25, 0.3) is 0 Å². The smallest absolute Gasteiger partial charge is 0.412 e. The number of carbonyl (C=O) groups is 8. The number of halogens is 3. The van der Waals surface area contributed by atoms with E-state index in [9.17, 15) is 43.5 Å². The average molecular weight is 1180 g/mol. The van der Waals surface area contributed by atoms with Crippen molar-refractivity contribution in [1.29, 1.82) is 0 Å². The summed E-state index contributed by atoms with van der Waals surface area (Å²) in [5, 5.41) is 19.4. The number of nitrogens with two attached hydrogens (primary N) is 1. The number of epoxide rings is 1. The molecular formula is C60H80ClF2N5O15. The number of Topliss-reactive ketones (excluding diaryl/α,β-unsaturated/α-hetero) is 2. The van der Waals surface area contributed by atoms with Gasteiger partial charge in [-0.2, -0.15) is 0 Å². The Morgan fingerprint density at radius 3 is 2.41 bits per heavy atom. The number of rotatable bonds is 23. The quantitative estimate of drug-likeness (QED) is 0.0304. The Bertz CT molecular complexity index is 2790. The number of benzene rings is 2. The molecule has 456 valence electrons. The number of allylic oxidation sites excluding steroid dienone is 3. The lowest BCUT2D eigenvalue weighted by atomic mass is 9.78. The van der Waals surface area contributed by atoms with Crippen molar-refractivity contribution in [2.75, 3.05) is 44.6 Å². The summed E-state index contributed by atoms with van der Waals surface area (Å²) in [6, 6.07) is 2.71. The van der Waals surface area contributed by atoms with Gasteiger partial charge in [-0.15, -0.1) is 0 Å². The second-order valence-corrected chi connectivity index (χ2v) is 23.3. The largest absolute Gasteiger partial charge is 0.495 e. The van der Waals surface area contributed by atoms with Crippen LogP contribution in [-0.4, -0.2) is 129 Å². The van der Waals surface area contributed by atoms with Gasteiger partial charge in [0.25, 0.3) is 0 Å². The first-order valence-electron chi connectivity index (χ1n) is 28.4. The Hall–Kier alpha value is -6.49. The Balaban J connectivity index is 1.17. The molecular weight excluding hydrogens is 1100 g/mol. The molecule has 2 aromatic carbocycles. The van der Waals surface area contributed by atoms with Gasteiger partial charge in [-0.25, -0.2) is 18.4 Å².